The lowest BCUT2D eigenvalue weighted by atomic mass is 10.2. The van der Waals surface area contributed by atoms with Crippen LogP contribution >= 0.6 is 11.8 Å². The molecule has 1 amide bonds. The molecule has 1 aromatic rings. The summed E-state index contributed by atoms with van der Waals surface area (Å²) in [6.45, 7) is 7.58. The van der Waals surface area contributed by atoms with Crippen LogP contribution in [0.4, 0.5) is 0 Å². The molecule has 2 rings (SSSR count). The van der Waals surface area contributed by atoms with Gasteiger partial charge in [0.1, 0.15) is 0 Å². The SMILES string of the molecule is CSCCN1CCN(C(=O)CCn2nccc2C)CC1. The molecule has 20 heavy (non-hydrogen) atoms. The molecule has 1 aliphatic rings. The Hall–Kier alpha value is -1.01. The van der Waals surface area contributed by atoms with Gasteiger partial charge < -0.3 is 4.90 Å². The Bertz CT molecular complexity index is 427. The molecular weight excluding hydrogens is 272 g/mol. The normalized spacial score (nSPS) is 16.6. The van der Waals surface area contributed by atoms with Crippen LogP contribution in [0, 0.1) is 6.92 Å². The molecule has 1 aromatic heterocycles. The Morgan fingerprint density at radius 2 is 2.05 bits per heavy atom. The maximum absolute atomic E-state index is 12.2. The molecule has 1 fully saturated rings. The second kappa shape index (κ2) is 7.69. The first-order valence-corrected chi connectivity index (χ1v) is 8.57. The van der Waals surface area contributed by atoms with Gasteiger partial charge in [0.05, 0.1) is 0 Å². The number of carbonyl (C=O) groups excluding carboxylic acids is 1. The molecule has 0 bridgehead atoms. The quantitative estimate of drug-likeness (QED) is 0.788. The summed E-state index contributed by atoms with van der Waals surface area (Å²) in [5.74, 6) is 1.43. The van der Waals surface area contributed by atoms with E-state index in [1.54, 1.807) is 6.20 Å². The first-order valence-electron chi connectivity index (χ1n) is 7.18. The summed E-state index contributed by atoms with van der Waals surface area (Å²) >= 11 is 1.88. The number of aryl methyl sites for hydroxylation is 2. The summed E-state index contributed by atoms with van der Waals surface area (Å²) in [6.07, 6.45) is 4.47. The summed E-state index contributed by atoms with van der Waals surface area (Å²) in [5.41, 5.74) is 1.11. The number of carbonyl (C=O) groups is 1. The molecule has 1 aliphatic heterocycles. The summed E-state index contributed by atoms with van der Waals surface area (Å²) in [5, 5.41) is 4.21. The third-order valence-corrected chi connectivity index (χ3v) is 4.39. The van der Waals surface area contributed by atoms with E-state index in [0.29, 0.717) is 13.0 Å². The van der Waals surface area contributed by atoms with Gasteiger partial charge in [-0.05, 0) is 19.2 Å². The molecule has 0 unspecified atom stereocenters. The fourth-order valence-corrected chi connectivity index (χ4v) is 2.87. The van der Waals surface area contributed by atoms with Crippen LogP contribution < -0.4 is 0 Å². The standard InChI is InChI=1S/C14H24N4OS/c1-13-3-5-15-18(13)6-4-14(19)17-9-7-16(8-10-17)11-12-20-2/h3,5H,4,6-12H2,1-2H3. The van der Waals surface area contributed by atoms with Crippen molar-refractivity contribution in [2.24, 2.45) is 0 Å². The van der Waals surface area contributed by atoms with Crippen LogP contribution in [-0.4, -0.2) is 70.2 Å². The largest absolute Gasteiger partial charge is 0.340 e. The van der Waals surface area contributed by atoms with Crippen LogP contribution in [0.2, 0.25) is 0 Å². The van der Waals surface area contributed by atoms with Gasteiger partial charge in [-0.25, -0.2) is 0 Å². The van der Waals surface area contributed by atoms with Crippen molar-refractivity contribution in [1.29, 1.82) is 0 Å². The molecule has 112 valence electrons. The minimum atomic E-state index is 0.254. The third-order valence-electron chi connectivity index (χ3n) is 3.80. The number of thioether (sulfide) groups is 1. The second-order valence-electron chi connectivity index (χ2n) is 5.16. The van der Waals surface area contributed by atoms with Crippen LogP contribution in [0.25, 0.3) is 0 Å². The first-order chi connectivity index (χ1) is 9.70. The summed E-state index contributed by atoms with van der Waals surface area (Å²) < 4.78 is 1.90. The fourth-order valence-electron chi connectivity index (χ4n) is 2.43. The van der Waals surface area contributed by atoms with E-state index < -0.39 is 0 Å². The van der Waals surface area contributed by atoms with Crippen LogP contribution in [0.15, 0.2) is 12.3 Å². The Balaban J connectivity index is 1.71. The van der Waals surface area contributed by atoms with Crippen LogP contribution in [0.1, 0.15) is 12.1 Å². The molecule has 0 aromatic carbocycles. The van der Waals surface area contributed by atoms with Gasteiger partial charge in [0.2, 0.25) is 5.91 Å². The van der Waals surface area contributed by atoms with Gasteiger partial charge in [0.25, 0.3) is 0 Å². The zero-order valence-corrected chi connectivity index (χ0v) is 13.2. The predicted octanol–water partition coefficient (Wildman–Crippen LogP) is 1.09. The molecule has 5 nitrogen and oxygen atoms in total. The number of piperazine rings is 1. The Morgan fingerprint density at radius 3 is 2.65 bits per heavy atom. The lowest BCUT2D eigenvalue weighted by molar-refractivity contribution is -0.133. The number of hydrogen-bond acceptors (Lipinski definition) is 4. The first kappa shape index (κ1) is 15.4. The molecule has 0 radical (unpaired) electrons. The van der Waals surface area contributed by atoms with Gasteiger partial charge in [-0.1, -0.05) is 0 Å². The van der Waals surface area contributed by atoms with Crippen molar-refractivity contribution in [3.8, 4) is 0 Å². The molecular formula is C14H24N4OS. The van der Waals surface area contributed by atoms with E-state index in [1.165, 1.54) is 5.75 Å². The van der Waals surface area contributed by atoms with E-state index in [1.807, 2.05) is 34.3 Å². The molecule has 0 spiro atoms. The van der Waals surface area contributed by atoms with Crippen molar-refractivity contribution in [3.05, 3.63) is 18.0 Å². The van der Waals surface area contributed by atoms with Gasteiger partial charge in [0, 0.05) is 63.3 Å². The molecule has 6 heteroatoms. The van der Waals surface area contributed by atoms with Crippen molar-refractivity contribution in [2.45, 2.75) is 19.9 Å². The van der Waals surface area contributed by atoms with Crippen LogP contribution in [0.5, 0.6) is 0 Å². The van der Waals surface area contributed by atoms with Crippen molar-refractivity contribution in [2.75, 3.05) is 44.7 Å². The molecule has 0 N–H and O–H groups in total. The van der Waals surface area contributed by atoms with E-state index >= 15 is 0 Å². The zero-order chi connectivity index (χ0) is 14.4. The Labute approximate surface area is 125 Å². The molecule has 0 aliphatic carbocycles. The topological polar surface area (TPSA) is 41.4 Å². The molecule has 0 atom stereocenters. The van der Waals surface area contributed by atoms with Crippen LogP contribution in [0.3, 0.4) is 0 Å². The second-order valence-corrected chi connectivity index (χ2v) is 6.15. The number of hydrogen-bond donors (Lipinski definition) is 0. The van der Waals surface area contributed by atoms with Crippen molar-refractivity contribution in [1.82, 2.24) is 19.6 Å². The van der Waals surface area contributed by atoms with Crippen molar-refractivity contribution in [3.63, 3.8) is 0 Å². The monoisotopic (exact) mass is 296 g/mol. The van der Waals surface area contributed by atoms with Crippen LogP contribution in [-0.2, 0) is 11.3 Å². The minimum Gasteiger partial charge on any atom is -0.340 e. The Morgan fingerprint density at radius 1 is 1.30 bits per heavy atom. The van der Waals surface area contributed by atoms with E-state index in [4.69, 9.17) is 0 Å². The average molecular weight is 296 g/mol. The summed E-state index contributed by atoms with van der Waals surface area (Å²) in [4.78, 5) is 16.6. The molecule has 2 heterocycles. The number of amides is 1. The highest BCUT2D eigenvalue weighted by Crippen LogP contribution is 2.06. The fraction of sp³-hybridized carbons (Fsp3) is 0.714. The van der Waals surface area contributed by atoms with Gasteiger partial charge in [-0.3, -0.25) is 14.4 Å². The lowest BCUT2D eigenvalue weighted by Crippen LogP contribution is -2.49. The van der Waals surface area contributed by atoms with Gasteiger partial charge in [0.15, 0.2) is 0 Å². The van der Waals surface area contributed by atoms with E-state index in [-0.39, 0.29) is 5.91 Å². The van der Waals surface area contributed by atoms with Gasteiger partial charge in [-0.2, -0.15) is 16.9 Å². The van der Waals surface area contributed by atoms with Crippen molar-refractivity contribution < 1.29 is 4.79 Å². The maximum Gasteiger partial charge on any atom is 0.224 e. The third kappa shape index (κ3) is 4.24. The van der Waals surface area contributed by atoms with Gasteiger partial charge in [-0.15, -0.1) is 0 Å². The number of rotatable bonds is 6. The average Bonchev–Trinajstić information content (AvgIpc) is 2.88. The lowest BCUT2D eigenvalue weighted by Gasteiger charge is -2.34. The van der Waals surface area contributed by atoms with Gasteiger partial charge >= 0.3 is 0 Å². The number of nitrogens with zero attached hydrogens (tertiary/aromatic N) is 4. The zero-order valence-electron chi connectivity index (χ0n) is 12.4. The summed E-state index contributed by atoms with van der Waals surface area (Å²) in [7, 11) is 0. The number of aromatic nitrogens is 2. The molecule has 0 saturated carbocycles. The highest BCUT2D eigenvalue weighted by Gasteiger charge is 2.20. The minimum absolute atomic E-state index is 0.254. The maximum atomic E-state index is 12.2. The molecule has 1 saturated heterocycles. The highest BCUT2D eigenvalue weighted by atomic mass is 32.2. The van der Waals surface area contributed by atoms with E-state index in [9.17, 15) is 4.79 Å². The highest BCUT2D eigenvalue weighted by molar-refractivity contribution is 7.98. The van der Waals surface area contributed by atoms with E-state index in [2.05, 4.69) is 16.3 Å². The summed E-state index contributed by atoms with van der Waals surface area (Å²) in [6, 6.07) is 1.97. The van der Waals surface area contributed by atoms with Crippen molar-refractivity contribution >= 4 is 17.7 Å². The van der Waals surface area contributed by atoms with E-state index in [0.717, 1.165) is 38.4 Å². The smallest absolute Gasteiger partial charge is 0.224 e. The predicted molar refractivity (Wildman–Crippen MR) is 83.0 cm³/mol. The Kier molecular flexibility index (Phi) is 5.91.